The van der Waals surface area contributed by atoms with Crippen molar-refractivity contribution < 1.29 is 14.3 Å². The number of methoxy groups -OCH3 is 1. The van der Waals surface area contributed by atoms with Crippen molar-refractivity contribution in [3.63, 3.8) is 0 Å². The molecule has 2 rings (SSSR count). The number of carbonyl (C=O) groups excluding carboxylic acids is 2. The number of esters is 1. The maximum Gasteiger partial charge on any atom is 0.319 e. The highest BCUT2D eigenvalue weighted by atomic mass is 35.5. The summed E-state index contributed by atoms with van der Waals surface area (Å²) in [6, 6.07) is 0. The Kier molecular flexibility index (Phi) is 8.75. The van der Waals surface area contributed by atoms with E-state index in [9.17, 15) is 9.59 Å². The van der Waals surface area contributed by atoms with Gasteiger partial charge in [-0.05, 0) is 38.3 Å². The molecule has 0 saturated carbocycles. The van der Waals surface area contributed by atoms with Crippen molar-refractivity contribution in [1.29, 1.82) is 0 Å². The van der Waals surface area contributed by atoms with Crippen LogP contribution in [-0.4, -0.2) is 74.6 Å². The molecule has 2 aliphatic rings. The fourth-order valence-corrected chi connectivity index (χ4v) is 3.06. The summed E-state index contributed by atoms with van der Waals surface area (Å²) in [6.45, 7) is 5.47. The van der Waals surface area contributed by atoms with Crippen molar-refractivity contribution in [2.24, 2.45) is 5.92 Å². The maximum atomic E-state index is 12.2. The molecule has 2 saturated heterocycles. The molecule has 0 radical (unpaired) electrons. The number of carbonyl (C=O) groups is 2. The van der Waals surface area contributed by atoms with Crippen molar-refractivity contribution in [3.05, 3.63) is 0 Å². The van der Waals surface area contributed by atoms with Crippen LogP contribution in [0.15, 0.2) is 0 Å². The number of piperidine rings is 1. The first-order valence-corrected chi connectivity index (χ1v) is 7.96. The second-order valence-electron chi connectivity index (χ2n) is 5.97. The van der Waals surface area contributed by atoms with Gasteiger partial charge in [0, 0.05) is 32.6 Å². The lowest BCUT2D eigenvalue weighted by atomic mass is 9.93. The van der Waals surface area contributed by atoms with Gasteiger partial charge in [-0.1, -0.05) is 0 Å². The van der Waals surface area contributed by atoms with E-state index >= 15 is 0 Å². The average molecular weight is 334 g/mol. The van der Waals surface area contributed by atoms with Crippen LogP contribution in [0.25, 0.3) is 0 Å². The van der Waals surface area contributed by atoms with Gasteiger partial charge in [-0.25, -0.2) is 0 Å². The molecule has 2 heterocycles. The minimum Gasteiger partial charge on any atom is -0.468 e. The summed E-state index contributed by atoms with van der Waals surface area (Å²) >= 11 is 0. The van der Waals surface area contributed by atoms with E-state index in [0.717, 1.165) is 45.7 Å². The number of halogens is 1. The van der Waals surface area contributed by atoms with Crippen LogP contribution in [0.5, 0.6) is 0 Å². The summed E-state index contributed by atoms with van der Waals surface area (Å²) in [5.41, 5.74) is 0. The second-order valence-corrected chi connectivity index (χ2v) is 5.97. The van der Waals surface area contributed by atoms with Gasteiger partial charge in [0.2, 0.25) is 5.91 Å². The van der Waals surface area contributed by atoms with Crippen LogP contribution in [0.4, 0.5) is 0 Å². The zero-order valence-corrected chi connectivity index (χ0v) is 14.2. The quantitative estimate of drug-likeness (QED) is 0.743. The number of amides is 1. The van der Waals surface area contributed by atoms with Crippen LogP contribution in [0.3, 0.4) is 0 Å². The van der Waals surface area contributed by atoms with Gasteiger partial charge in [-0.3, -0.25) is 14.5 Å². The fraction of sp³-hybridized carbons (Fsp3) is 0.867. The summed E-state index contributed by atoms with van der Waals surface area (Å²) in [5, 5.41) is 3.35. The number of ether oxygens (including phenoxy) is 1. The summed E-state index contributed by atoms with van der Waals surface area (Å²) in [4.78, 5) is 27.4. The summed E-state index contributed by atoms with van der Waals surface area (Å²) < 4.78 is 4.67. The van der Waals surface area contributed by atoms with Gasteiger partial charge in [-0.15, -0.1) is 12.4 Å². The molecule has 0 aromatic rings. The van der Waals surface area contributed by atoms with Crippen molar-refractivity contribution in [2.45, 2.75) is 25.7 Å². The van der Waals surface area contributed by atoms with Crippen molar-refractivity contribution in [1.82, 2.24) is 15.1 Å². The molecule has 22 heavy (non-hydrogen) atoms. The number of nitrogens with zero attached hydrogens (tertiary/aromatic N) is 2. The van der Waals surface area contributed by atoms with Crippen LogP contribution < -0.4 is 5.32 Å². The predicted octanol–water partition coefficient (Wildman–Crippen LogP) is 0.505. The van der Waals surface area contributed by atoms with Crippen LogP contribution in [0.2, 0.25) is 0 Å². The number of hydrogen-bond acceptors (Lipinski definition) is 5. The lowest BCUT2D eigenvalue weighted by Gasteiger charge is -2.34. The highest BCUT2D eigenvalue weighted by Gasteiger charge is 2.23. The number of hydrogen-bond donors (Lipinski definition) is 1. The van der Waals surface area contributed by atoms with E-state index in [1.165, 1.54) is 20.0 Å². The molecule has 6 nitrogen and oxygen atoms in total. The molecule has 0 aliphatic carbocycles. The van der Waals surface area contributed by atoms with Crippen molar-refractivity contribution in [3.8, 4) is 0 Å². The van der Waals surface area contributed by atoms with Gasteiger partial charge < -0.3 is 15.0 Å². The summed E-state index contributed by atoms with van der Waals surface area (Å²) in [5.74, 6) is 0.766. The molecule has 2 aliphatic heterocycles. The minimum atomic E-state index is -0.208. The Morgan fingerprint density at radius 3 is 2.36 bits per heavy atom. The topological polar surface area (TPSA) is 61.9 Å². The Hall–Kier alpha value is -0.850. The van der Waals surface area contributed by atoms with Gasteiger partial charge in [-0.2, -0.15) is 0 Å². The van der Waals surface area contributed by atoms with Crippen LogP contribution >= 0.6 is 12.4 Å². The van der Waals surface area contributed by atoms with Crippen LogP contribution in [0.1, 0.15) is 25.7 Å². The smallest absolute Gasteiger partial charge is 0.319 e. The zero-order valence-electron chi connectivity index (χ0n) is 13.4. The van der Waals surface area contributed by atoms with Gasteiger partial charge in [0.05, 0.1) is 13.7 Å². The Morgan fingerprint density at radius 2 is 1.77 bits per heavy atom. The number of rotatable bonds is 5. The molecule has 0 spiro atoms. The van der Waals surface area contributed by atoms with E-state index in [0.29, 0.717) is 18.9 Å². The zero-order chi connectivity index (χ0) is 15.1. The molecule has 1 amide bonds. The molecule has 0 bridgehead atoms. The maximum absolute atomic E-state index is 12.2. The third-order valence-corrected chi connectivity index (χ3v) is 4.53. The van der Waals surface area contributed by atoms with Gasteiger partial charge in [0.25, 0.3) is 0 Å². The van der Waals surface area contributed by atoms with Crippen LogP contribution in [0, 0.1) is 5.92 Å². The summed E-state index contributed by atoms with van der Waals surface area (Å²) in [6.07, 6.45) is 4.07. The van der Waals surface area contributed by atoms with Gasteiger partial charge in [0.1, 0.15) is 0 Å². The molecule has 0 unspecified atom stereocenters. The molecular formula is C15H28ClN3O3. The van der Waals surface area contributed by atoms with Crippen molar-refractivity contribution >= 4 is 24.3 Å². The minimum absolute atomic E-state index is 0. The Morgan fingerprint density at radius 1 is 1.14 bits per heavy atom. The Bertz CT molecular complexity index is 354. The standard InChI is InChI=1S/C15H27N3O3.ClH/c1-21-15(20)12-17-8-10-18(11-9-17)14(19)3-2-13-4-6-16-7-5-13;/h13,16H,2-12H2,1H3;1H. The van der Waals surface area contributed by atoms with E-state index < -0.39 is 0 Å². The van der Waals surface area contributed by atoms with E-state index in [2.05, 4.69) is 10.1 Å². The van der Waals surface area contributed by atoms with E-state index in [-0.39, 0.29) is 24.3 Å². The fourth-order valence-electron chi connectivity index (χ4n) is 3.06. The first-order chi connectivity index (χ1) is 10.2. The molecule has 0 atom stereocenters. The number of piperazine rings is 1. The number of nitrogens with one attached hydrogen (secondary N) is 1. The predicted molar refractivity (Wildman–Crippen MR) is 87.1 cm³/mol. The molecule has 2 fully saturated rings. The first-order valence-electron chi connectivity index (χ1n) is 7.96. The monoisotopic (exact) mass is 333 g/mol. The molecule has 7 heteroatoms. The normalized spacial score (nSPS) is 20.3. The lowest BCUT2D eigenvalue weighted by molar-refractivity contribution is -0.142. The van der Waals surface area contributed by atoms with Crippen LogP contribution in [-0.2, 0) is 14.3 Å². The van der Waals surface area contributed by atoms with E-state index in [1.54, 1.807) is 0 Å². The van der Waals surface area contributed by atoms with Crippen molar-refractivity contribution in [2.75, 3.05) is 52.9 Å². The molecule has 1 N–H and O–H groups in total. The van der Waals surface area contributed by atoms with Gasteiger partial charge in [0.15, 0.2) is 0 Å². The van der Waals surface area contributed by atoms with E-state index in [1.807, 2.05) is 9.80 Å². The van der Waals surface area contributed by atoms with E-state index in [4.69, 9.17) is 0 Å². The summed E-state index contributed by atoms with van der Waals surface area (Å²) in [7, 11) is 1.41. The molecular weight excluding hydrogens is 306 g/mol. The largest absolute Gasteiger partial charge is 0.468 e. The van der Waals surface area contributed by atoms with Gasteiger partial charge >= 0.3 is 5.97 Å². The highest BCUT2D eigenvalue weighted by molar-refractivity contribution is 5.85. The molecule has 0 aromatic heterocycles. The first kappa shape index (κ1) is 19.2. The lowest BCUT2D eigenvalue weighted by Crippen LogP contribution is -2.50. The third-order valence-electron chi connectivity index (χ3n) is 4.53. The highest BCUT2D eigenvalue weighted by Crippen LogP contribution is 2.18. The Labute approximate surface area is 138 Å². The Balaban J connectivity index is 0.00000242. The SMILES string of the molecule is COC(=O)CN1CCN(C(=O)CCC2CCNCC2)CC1.Cl. The second kappa shape index (κ2) is 10.0. The molecule has 128 valence electrons. The third kappa shape index (κ3) is 6.10. The average Bonchev–Trinajstić information content (AvgIpc) is 2.54. The molecule has 0 aromatic carbocycles.